The number of benzene rings is 2. The van der Waals surface area contributed by atoms with Crippen molar-refractivity contribution in [3.8, 4) is 22.9 Å². The summed E-state index contributed by atoms with van der Waals surface area (Å²) < 4.78 is 3.33. The SMILES string of the molecule is C=N/C(=C(C#N)\C(C)=N/CN)N(CCC)Cc1nc2cccc(-c3cnn(C)c3)c2c(=O)n1-c1ccccc1. The Morgan fingerprint density at radius 3 is 2.59 bits per heavy atom. The normalized spacial score (nSPS) is 12.2. The number of allylic oxidation sites excluding steroid dienone is 1. The molecule has 0 radical (unpaired) electrons. The molecule has 0 aliphatic carbocycles. The lowest BCUT2D eigenvalue weighted by Gasteiger charge is -2.26. The first-order valence-corrected chi connectivity index (χ1v) is 12.6. The van der Waals surface area contributed by atoms with Gasteiger partial charge >= 0.3 is 0 Å². The van der Waals surface area contributed by atoms with Gasteiger partial charge in [0.15, 0.2) is 0 Å². The van der Waals surface area contributed by atoms with E-state index in [1.54, 1.807) is 22.4 Å². The average Bonchev–Trinajstić information content (AvgIpc) is 3.37. The van der Waals surface area contributed by atoms with Crippen molar-refractivity contribution in [1.29, 1.82) is 5.26 Å². The van der Waals surface area contributed by atoms with Crippen molar-refractivity contribution < 1.29 is 0 Å². The third-order valence-electron chi connectivity index (χ3n) is 6.30. The maximum Gasteiger partial charge on any atom is 0.266 e. The van der Waals surface area contributed by atoms with E-state index in [4.69, 9.17) is 10.7 Å². The Balaban J connectivity index is 1.99. The molecule has 39 heavy (non-hydrogen) atoms. The van der Waals surface area contributed by atoms with Crippen LogP contribution in [0.5, 0.6) is 0 Å². The molecule has 2 aromatic carbocycles. The van der Waals surface area contributed by atoms with E-state index in [1.807, 2.05) is 73.6 Å². The second-order valence-electron chi connectivity index (χ2n) is 8.92. The second kappa shape index (κ2) is 12.1. The molecule has 0 saturated heterocycles. The third-order valence-corrected chi connectivity index (χ3v) is 6.30. The Bertz CT molecular complexity index is 1660. The van der Waals surface area contributed by atoms with Crippen LogP contribution in [0.4, 0.5) is 0 Å². The van der Waals surface area contributed by atoms with Gasteiger partial charge in [0.1, 0.15) is 23.3 Å². The number of nitrogens with zero attached hydrogens (tertiary/aromatic N) is 8. The molecule has 2 heterocycles. The van der Waals surface area contributed by atoms with Crippen molar-refractivity contribution in [2.24, 2.45) is 22.8 Å². The summed E-state index contributed by atoms with van der Waals surface area (Å²) in [6.45, 7) is 8.28. The van der Waals surface area contributed by atoms with E-state index in [2.05, 4.69) is 27.9 Å². The number of hydrogen-bond donors (Lipinski definition) is 1. The monoisotopic (exact) mass is 521 g/mol. The van der Waals surface area contributed by atoms with Gasteiger partial charge in [0.05, 0.1) is 41.7 Å². The third kappa shape index (κ3) is 5.54. The van der Waals surface area contributed by atoms with Crippen LogP contribution in [-0.2, 0) is 13.6 Å². The van der Waals surface area contributed by atoms with E-state index >= 15 is 0 Å². The first kappa shape index (κ1) is 27.2. The van der Waals surface area contributed by atoms with E-state index in [0.717, 1.165) is 17.5 Å². The molecule has 0 spiro atoms. The van der Waals surface area contributed by atoms with Crippen molar-refractivity contribution >= 4 is 23.3 Å². The van der Waals surface area contributed by atoms with Crippen LogP contribution in [0.2, 0.25) is 0 Å². The smallest absolute Gasteiger partial charge is 0.266 e. The molecule has 0 unspecified atom stereocenters. The summed E-state index contributed by atoms with van der Waals surface area (Å²) in [7, 11) is 1.84. The van der Waals surface area contributed by atoms with Gasteiger partial charge in [-0.2, -0.15) is 10.4 Å². The Labute approximate surface area is 227 Å². The fraction of sp³-hybridized carbons (Fsp3) is 0.241. The molecule has 0 amide bonds. The molecule has 4 aromatic rings. The number of nitrogens with two attached hydrogens (primary N) is 1. The van der Waals surface area contributed by atoms with Crippen LogP contribution < -0.4 is 11.3 Å². The maximum absolute atomic E-state index is 14.3. The quantitative estimate of drug-likeness (QED) is 0.249. The van der Waals surface area contributed by atoms with E-state index < -0.39 is 0 Å². The standard InChI is InChI=1S/C29H31N9O/c1-5-14-37(28(32-3)24(15-30)20(2)33-19-31)18-26-35-25-13-9-12-23(21-16-34-36(4)17-21)27(25)29(39)38(26)22-10-7-6-8-11-22/h6-13,16-17H,3,5,14,18-19,31H2,1-2,4H3/b28-24+,33-20-. The maximum atomic E-state index is 14.3. The lowest BCUT2D eigenvalue weighted by Crippen LogP contribution is -2.31. The zero-order valence-corrected chi connectivity index (χ0v) is 22.4. The summed E-state index contributed by atoms with van der Waals surface area (Å²) in [5.74, 6) is 0.870. The molecule has 4 rings (SSSR count). The first-order chi connectivity index (χ1) is 18.9. The Morgan fingerprint density at radius 2 is 1.97 bits per heavy atom. The molecule has 2 N–H and O–H groups in total. The molecular weight excluding hydrogens is 490 g/mol. The number of aryl methyl sites for hydroxylation is 1. The highest BCUT2D eigenvalue weighted by molar-refractivity contribution is 6.02. The van der Waals surface area contributed by atoms with Gasteiger partial charge in [-0.1, -0.05) is 37.3 Å². The summed E-state index contributed by atoms with van der Waals surface area (Å²) in [4.78, 5) is 29.6. The van der Waals surface area contributed by atoms with Crippen LogP contribution in [0.25, 0.3) is 27.7 Å². The molecule has 0 bridgehead atoms. The minimum Gasteiger partial charge on any atom is -0.348 e. The van der Waals surface area contributed by atoms with Crippen molar-refractivity contribution in [1.82, 2.24) is 24.2 Å². The Morgan fingerprint density at radius 1 is 1.21 bits per heavy atom. The van der Waals surface area contributed by atoms with Gasteiger partial charge in [0.25, 0.3) is 5.56 Å². The van der Waals surface area contributed by atoms with Crippen molar-refractivity contribution in [3.05, 3.63) is 88.5 Å². The highest BCUT2D eigenvalue weighted by Crippen LogP contribution is 2.27. The lowest BCUT2D eigenvalue weighted by atomic mass is 10.0. The van der Waals surface area contributed by atoms with Crippen molar-refractivity contribution in [2.75, 3.05) is 13.2 Å². The molecular formula is C29H31N9O. The molecule has 2 aromatic heterocycles. The van der Waals surface area contributed by atoms with Crippen LogP contribution in [-0.4, -0.2) is 49.9 Å². The van der Waals surface area contributed by atoms with Gasteiger partial charge in [0, 0.05) is 25.4 Å². The zero-order valence-electron chi connectivity index (χ0n) is 22.4. The second-order valence-corrected chi connectivity index (χ2v) is 8.92. The van der Waals surface area contributed by atoms with Crippen LogP contribution in [0, 0.1) is 11.3 Å². The van der Waals surface area contributed by atoms with Gasteiger partial charge in [-0.05, 0) is 43.8 Å². The zero-order chi connectivity index (χ0) is 27.9. The number of hydrogen-bond acceptors (Lipinski definition) is 8. The number of aromatic nitrogens is 4. The van der Waals surface area contributed by atoms with Gasteiger partial charge in [0.2, 0.25) is 0 Å². The molecule has 10 nitrogen and oxygen atoms in total. The molecule has 0 fully saturated rings. The fourth-order valence-electron chi connectivity index (χ4n) is 4.57. The summed E-state index contributed by atoms with van der Waals surface area (Å²) in [5, 5.41) is 14.7. The largest absolute Gasteiger partial charge is 0.348 e. The molecule has 0 aliphatic heterocycles. The van der Waals surface area contributed by atoms with Crippen LogP contribution in [0.1, 0.15) is 26.1 Å². The highest BCUT2D eigenvalue weighted by Gasteiger charge is 2.22. The minimum atomic E-state index is -0.199. The Hall–Kier alpha value is -4.88. The highest BCUT2D eigenvalue weighted by atomic mass is 16.1. The van der Waals surface area contributed by atoms with Gasteiger partial charge < -0.3 is 10.6 Å². The number of nitriles is 1. The topological polar surface area (TPSA) is 130 Å². The molecule has 10 heteroatoms. The van der Waals surface area contributed by atoms with Crippen molar-refractivity contribution in [3.63, 3.8) is 0 Å². The lowest BCUT2D eigenvalue weighted by molar-refractivity contribution is 0.322. The average molecular weight is 522 g/mol. The van der Waals surface area contributed by atoms with E-state index in [1.165, 1.54) is 0 Å². The molecule has 198 valence electrons. The predicted molar refractivity (Wildman–Crippen MR) is 155 cm³/mol. The summed E-state index contributed by atoms with van der Waals surface area (Å²) in [6.07, 6.45) is 4.37. The molecule has 0 atom stereocenters. The van der Waals surface area contributed by atoms with Crippen LogP contribution >= 0.6 is 0 Å². The van der Waals surface area contributed by atoms with Crippen LogP contribution in [0.3, 0.4) is 0 Å². The summed E-state index contributed by atoms with van der Waals surface area (Å²) in [6, 6.07) is 17.2. The Kier molecular flexibility index (Phi) is 8.43. The summed E-state index contributed by atoms with van der Waals surface area (Å²) in [5.41, 5.74) is 8.98. The molecule has 0 aliphatic rings. The van der Waals surface area contributed by atoms with Crippen molar-refractivity contribution in [2.45, 2.75) is 26.8 Å². The predicted octanol–water partition coefficient (Wildman–Crippen LogP) is 3.81. The first-order valence-electron chi connectivity index (χ1n) is 12.6. The summed E-state index contributed by atoms with van der Waals surface area (Å²) >= 11 is 0. The van der Waals surface area contributed by atoms with Gasteiger partial charge in [-0.3, -0.25) is 19.0 Å². The molecule has 0 saturated carbocycles. The van der Waals surface area contributed by atoms with Crippen LogP contribution in [0.15, 0.2) is 87.1 Å². The number of fused-ring (bicyclic) bond motifs is 1. The van der Waals surface area contributed by atoms with Gasteiger partial charge in [-0.25, -0.2) is 9.98 Å². The van der Waals surface area contributed by atoms with E-state index in [-0.39, 0.29) is 24.3 Å². The van der Waals surface area contributed by atoms with E-state index in [0.29, 0.717) is 40.5 Å². The fourth-order valence-corrected chi connectivity index (χ4v) is 4.57. The van der Waals surface area contributed by atoms with E-state index in [9.17, 15) is 10.1 Å². The number of rotatable bonds is 10. The van der Waals surface area contributed by atoms with Gasteiger partial charge in [-0.15, -0.1) is 0 Å². The number of para-hydroxylation sites is 1. The number of aliphatic imine (C=N–C) groups is 2. The minimum absolute atomic E-state index is 0.0499.